The second-order valence-corrected chi connectivity index (χ2v) is 5.09. The van der Waals surface area contributed by atoms with Gasteiger partial charge in [0.05, 0.1) is 0 Å². The van der Waals surface area contributed by atoms with Gasteiger partial charge in [-0.15, -0.1) is 0 Å². The zero-order valence-corrected chi connectivity index (χ0v) is 11.9. The normalized spacial score (nSPS) is 12.7. The summed E-state index contributed by atoms with van der Waals surface area (Å²) in [7, 11) is 0. The van der Waals surface area contributed by atoms with Crippen LogP contribution in [0, 0.1) is 0 Å². The van der Waals surface area contributed by atoms with Crippen LogP contribution in [0.2, 0.25) is 0 Å². The third-order valence-electron chi connectivity index (χ3n) is 2.85. The lowest BCUT2D eigenvalue weighted by Gasteiger charge is -2.17. The number of benzene rings is 1. The van der Waals surface area contributed by atoms with Crippen LogP contribution in [-0.4, -0.2) is 6.54 Å². The van der Waals surface area contributed by atoms with Crippen molar-refractivity contribution in [3.8, 4) is 0 Å². The van der Waals surface area contributed by atoms with E-state index in [0.717, 1.165) is 17.4 Å². The van der Waals surface area contributed by atoms with Gasteiger partial charge < -0.3 is 5.32 Å². The molecule has 0 saturated carbocycles. The maximum Gasteiger partial charge on any atom is 0.0317 e. The minimum Gasteiger partial charge on any atom is -0.310 e. The van der Waals surface area contributed by atoms with E-state index in [2.05, 4.69) is 59.4 Å². The van der Waals surface area contributed by atoms with E-state index in [4.69, 9.17) is 0 Å². The van der Waals surface area contributed by atoms with Crippen molar-refractivity contribution < 1.29 is 0 Å². The molecule has 0 fully saturated rings. The predicted molar refractivity (Wildman–Crippen MR) is 74.7 cm³/mol. The van der Waals surface area contributed by atoms with Gasteiger partial charge in [0.15, 0.2) is 0 Å². The summed E-state index contributed by atoms with van der Waals surface area (Å²) in [6, 6.07) is 9.14. The molecule has 0 heterocycles. The third kappa shape index (κ3) is 4.67. The largest absolute Gasteiger partial charge is 0.310 e. The Balaban J connectivity index is 2.44. The number of halogens is 1. The molecule has 2 heteroatoms. The van der Waals surface area contributed by atoms with E-state index in [-0.39, 0.29) is 0 Å². The Labute approximate surface area is 108 Å². The fraction of sp³-hybridized carbons (Fsp3) is 0.571. The summed E-state index contributed by atoms with van der Waals surface area (Å²) in [5.74, 6) is 0. The number of nitrogens with one attached hydrogen (secondary N) is 1. The molecule has 16 heavy (non-hydrogen) atoms. The van der Waals surface area contributed by atoms with Gasteiger partial charge in [-0.25, -0.2) is 0 Å². The molecule has 0 amide bonds. The molecule has 1 atom stereocenters. The van der Waals surface area contributed by atoms with Gasteiger partial charge in [0, 0.05) is 10.5 Å². The molecule has 0 radical (unpaired) electrons. The predicted octanol–water partition coefficient (Wildman–Crippen LogP) is 4.68. The van der Waals surface area contributed by atoms with Gasteiger partial charge in [-0.3, -0.25) is 0 Å². The van der Waals surface area contributed by atoms with Crippen molar-refractivity contribution in [1.29, 1.82) is 0 Å². The topological polar surface area (TPSA) is 12.0 Å². The van der Waals surface area contributed by atoms with Gasteiger partial charge >= 0.3 is 0 Å². The summed E-state index contributed by atoms with van der Waals surface area (Å²) >= 11 is 3.47. The van der Waals surface area contributed by atoms with Crippen molar-refractivity contribution in [1.82, 2.24) is 5.32 Å². The molecule has 1 aromatic carbocycles. The lowest BCUT2D eigenvalue weighted by atomic mass is 10.0. The first-order valence-corrected chi connectivity index (χ1v) is 7.06. The summed E-state index contributed by atoms with van der Waals surface area (Å²) in [6.45, 7) is 5.61. The van der Waals surface area contributed by atoms with Crippen LogP contribution in [0.15, 0.2) is 28.7 Å². The SMILES string of the molecule is CCCCCNC(CC)c1ccc(Br)cc1. The quantitative estimate of drug-likeness (QED) is 0.717. The molecule has 90 valence electrons. The van der Waals surface area contributed by atoms with Crippen LogP contribution < -0.4 is 5.32 Å². The number of unbranched alkanes of at least 4 members (excludes halogenated alkanes) is 2. The monoisotopic (exact) mass is 283 g/mol. The van der Waals surface area contributed by atoms with Crippen molar-refractivity contribution in [3.05, 3.63) is 34.3 Å². The van der Waals surface area contributed by atoms with E-state index in [9.17, 15) is 0 Å². The van der Waals surface area contributed by atoms with E-state index < -0.39 is 0 Å². The lowest BCUT2D eigenvalue weighted by molar-refractivity contribution is 0.501. The molecule has 0 saturated heterocycles. The van der Waals surface area contributed by atoms with E-state index in [0.29, 0.717) is 6.04 Å². The van der Waals surface area contributed by atoms with Crippen molar-refractivity contribution in [2.24, 2.45) is 0 Å². The Bertz CT molecular complexity index is 281. The average Bonchev–Trinajstić information content (AvgIpc) is 2.31. The number of hydrogen-bond acceptors (Lipinski definition) is 1. The first-order valence-electron chi connectivity index (χ1n) is 6.26. The standard InChI is InChI=1S/C14H22BrN/c1-3-5-6-11-16-14(4-2)12-7-9-13(15)10-8-12/h7-10,14,16H,3-6,11H2,1-2H3. The van der Waals surface area contributed by atoms with Gasteiger partial charge in [0.2, 0.25) is 0 Å². The van der Waals surface area contributed by atoms with Crippen LogP contribution in [0.1, 0.15) is 51.1 Å². The van der Waals surface area contributed by atoms with Crippen molar-refractivity contribution in [2.45, 2.75) is 45.6 Å². The molecule has 1 nitrogen and oxygen atoms in total. The molecule has 1 N–H and O–H groups in total. The van der Waals surface area contributed by atoms with Gasteiger partial charge in [-0.05, 0) is 37.1 Å². The van der Waals surface area contributed by atoms with Crippen LogP contribution in [0.25, 0.3) is 0 Å². The average molecular weight is 284 g/mol. The molecule has 1 unspecified atom stereocenters. The third-order valence-corrected chi connectivity index (χ3v) is 3.38. The summed E-state index contributed by atoms with van der Waals surface area (Å²) in [6.07, 6.45) is 5.04. The summed E-state index contributed by atoms with van der Waals surface area (Å²) in [5, 5.41) is 3.62. The molecular formula is C14H22BrN. The maximum atomic E-state index is 3.62. The number of hydrogen-bond donors (Lipinski definition) is 1. The molecule has 0 aliphatic rings. The highest BCUT2D eigenvalue weighted by atomic mass is 79.9. The Kier molecular flexibility index (Phi) is 6.74. The van der Waals surface area contributed by atoms with Crippen molar-refractivity contribution >= 4 is 15.9 Å². The first-order chi connectivity index (χ1) is 7.77. The van der Waals surface area contributed by atoms with Crippen LogP contribution >= 0.6 is 15.9 Å². The zero-order valence-electron chi connectivity index (χ0n) is 10.3. The molecule has 0 spiro atoms. The van der Waals surface area contributed by atoms with Gasteiger partial charge in [-0.2, -0.15) is 0 Å². The Morgan fingerprint density at radius 1 is 1.12 bits per heavy atom. The first kappa shape index (κ1) is 13.7. The molecule has 0 bridgehead atoms. The van der Waals surface area contributed by atoms with Crippen LogP contribution in [0.4, 0.5) is 0 Å². The summed E-state index contributed by atoms with van der Waals surface area (Å²) in [4.78, 5) is 0. The summed E-state index contributed by atoms with van der Waals surface area (Å²) < 4.78 is 1.15. The highest BCUT2D eigenvalue weighted by Crippen LogP contribution is 2.19. The van der Waals surface area contributed by atoms with Crippen LogP contribution in [0.3, 0.4) is 0 Å². The van der Waals surface area contributed by atoms with Crippen molar-refractivity contribution in [2.75, 3.05) is 6.54 Å². The molecule has 1 aromatic rings. The van der Waals surface area contributed by atoms with Gasteiger partial charge in [-0.1, -0.05) is 54.8 Å². The van der Waals surface area contributed by atoms with E-state index in [1.165, 1.54) is 24.8 Å². The summed E-state index contributed by atoms with van der Waals surface area (Å²) in [5.41, 5.74) is 1.39. The lowest BCUT2D eigenvalue weighted by Crippen LogP contribution is -2.21. The smallest absolute Gasteiger partial charge is 0.0317 e. The molecule has 0 aromatic heterocycles. The fourth-order valence-corrected chi connectivity index (χ4v) is 2.11. The molecular weight excluding hydrogens is 262 g/mol. The second-order valence-electron chi connectivity index (χ2n) is 4.17. The van der Waals surface area contributed by atoms with E-state index in [1.54, 1.807) is 0 Å². The van der Waals surface area contributed by atoms with Crippen LogP contribution in [0.5, 0.6) is 0 Å². The fourth-order valence-electron chi connectivity index (χ4n) is 1.84. The van der Waals surface area contributed by atoms with Gasteiger partial charge in [0.1, 0.15) is 0 Å². The Morgan fingerprint density at radius 3 is 2.38 bits per heavy atom. The van der Waals surface area contributed by atoms with Crippen LogP contribution in [-0.2, 0) is 0 Å². The zero-order chi connectivity index (χ0) is 11.8. The minimum absolute atomic E-state index is 0.505. The molecule has 0 aliphatic carbocycles. The van der Waals surface area contributed by atoms with E-state index >= 15 is 0 Å². The maximum absolute atomic E-state index is 3.62. The minimum atomic E-state index is 0.505. The molecule has 0 aliphatic heterocycles. The van der Waals surface area contributed by atoms with E-state index in [1.807, 2.05) is 0 Å². The highest BCUT2D eigenvalue weighted by molar-refractivity contribution is 9.10. The highest BCUT2D eigenvalue weighted by Gasteiger charge is 2.07. The number of rotatable bonds is 7. The Morgan fingerprint density at radius 2 is 1.81 bits per heavy atom. The van der Waals surface area contributed by atoms with Crippen molar-refractivity contribution in [3.63, 3.8) is 0 Å². The molecule has 1 rings (SSSR count). The Hall–Kier alpha value is -0.340. The van der Waals surface area contributed by atoms with Gasteiger partial charge in [0.25, 0.3) is 0 Å². The second kappa shape index (κ2) is 7.86.